The fourth-order valence-corrected chi connectivity index (χ4v) is 2.62. The number of carbonyl (C=O) groups excluding carboxylic acids is 6. The molecule has 9 nitrogen and oxygen atoms in total. The predicted molar refractivity (Wildman–Crippen MR) is 83.2 cm³/mol. The van der Waals surface area contributed by atoms with Crippen molar-refractivity contribution in [3.05, 3.63) is 35.4 Å². The van der Waals surface area contributed by atoms with Crippen LogP contribution in [0.25, 0.3) is 0 Å². The number of amides is 4. The van der Waals surface area contributed by atoms with E-state index in [-0.39, 0.29) is 55.2 Å². The number of ketones is 1. The number of hydrogen-bond acceptors (Lipinski definition) is 7. The Labute approximate surface area is 147 Å². The number of likely N-dealkylation sites (tertiary alicyclic amines) is 1. The molecule has 0 N–H and O–H groups in total. The molecule has 0 radical (unpaired) electrons. The van der Waals surface area contributed by atoms with Gasteiger partial charge < -0.3 is 4.84 Å². The maximum atomic E-state index is 12.2. The second-order valence-electron chi connectivity index (χ2n) is 5.83. The van der Waals surface area contributed by atoms with Crippen LogP contribution in [0.5, 0.6) is 0 Å². The van der Waals surface area contributed by atoms with Gasteiger partial charge >= 0.3 is 5.97 Å². The summed E-state index contributed by atoms with van der Waals surface area (Å²) in [6.45, 7) is -0.349. The Kier molecular flexibility index (Phi) is 4.61. The van der Waals surface area contributed by atoms with Gasteiger partial charge in [-0.2, -0.15) is 0 Å². The maximum Gasteiger partial charge on any atom is 0.363 e. The average molecular weight is 358 g/mol. The molecule has 2 heterocycles. The molecule has 2 aliphatic rings. The van der Waals surface area contributed by atoms with Crippen LogP contribution in [0.4, 0.5) is 0 Å². The van der Waals surface area contributed by atoms with Gasteiger partial charge in [0.1, 0.15) is 0 Å². The SMILES string of the molecule is O=C(CN1C(=O)CCC1=O)c1ccc(C(=O)ON2C(=O)CCC2=O)cc1. The van der Waals surface area contributed by atoms with Gasteiger partial charge in [-0.25, -0.2) is 4.79 Å². The van der Waals surface area contributed by atoms with E-state index in [9.17, 15) is 28.8 Å². The number of rotatable bonds is 5. The van der Waals surface area contributed by atoms with Gasteiger partial charge in [-0.3, -0.25) is 28.9 Å². The second-order valence-corrected chi connectivity index (χ2v) is 5.83. The van der Waals surface area contributed by atoms with Crippen LogP contribution >= 0.6 is 0 Å². The van der Waals surface area contributed by atoms with Crippen molar-refractivity contribution in [3.8, 4) is 0 Å². The Bertz CT molecular complexity index is 727. The highest BCUT2D eigenvalue weighted by Crippen LogP contribution is 2.16. The van der Waals surface area contributed by atoms with Crippen molar-refractivity contribution in [2.45, 2.75) is 25.7 Å². The first-order valence-corrected chi connectivity index (χ1v) is 7.91. The van der Waals surface area contributed by atoms with Gasteiger partial charge in [0.25, 0.3) is 11.8 Å². The molecule has 3 rings (SSSR count). The molecule has 0 aromatic heterocycles. The van der Waals surface area contributed by atoms with Gasteiger partial charge in [-0.1, -0.05) is 12.1 Å². The van der Waals surface area contributed by atoms with E-state index in [2.05, 4.69) is 0 Å². The van der Waals surface area contributed by atoms with E-state index in [1.165, 1.54) is 24.3 Å². The summed E-state index contributed by atoms with van der Waals surface area (Å²) in [7, 11) is 0. The largest absolute Gasteiger partial charge is 0.363 e. The van der Waals surface area contributed by atoms with Crippen molar-refractivity contribution >= 4 is 35.4 Å². The Morgan fingerprint density at radius 2 is 1.23 bits per heavy atom. The summed E-state index contributed by atoms with van der Waals surface area (Å²) in [6, 6.07) is 5.29. The van der Waals surface area contributed by atoms with E-state index in [4.69, 9.17) is 4.84 Å². The molecule has 0 atom stereocenters. The molecule has 2 fully saturated rings. The third kappa shape index (κ3) is 3.37. The van der Waals surface area contributed by atoms with Crippen LogP contribution in [0.3, 0.4) is 0 Å². The quantitative estimate of drug-likeness (QED) is 0.546. The second kappa shape index (κ2) is 6.87. The van der Waals surface area contributed by atoms with Crippen molar-refractivity contribution < 1.29 is 33.6 Å². The van der Waals surface area contributed by atoms with Crippen molar-refractivity contribution in [3.63, 3.8) is 0 Å². The van der Waals surface area contributed by atoms with Gasteiger partial charge in [0, 0.05) is 31.2 Å². The zero-order valence-corrected chi connectivity index (χ0v) is 13.6. The van der Waals surface area contributed by atoms with E-state index < -0.39 is 23.6 Å². The summed E-state index contributed by atoms with van der Waals surface area (Å²) < 4.78 is 0. The van der Waals surface area contributed by atoms with E-state index in [1.807, 2.05) is 0 Å². The average Bonchev–Trinajstić information content (AvgIpc) is 3.12. The zero-order valence-electron chi connectivity index (χ0n) is 13.6. The highest BCUT2D eigenvalue weighted by Gasteiger charge is 2.33. The minimum absolute atomic E-state index is 0.00645. The topological polar surface area (TPSA) is 118 Å². The van der Waals surface area contributed by atoms with Crippen LogP contribution < -0.4 is 0 Å². The van der Waals surface area contributed by atoms with Crippen LogP contribution in [0, 0.1) is 0 Å². The first kappa shape index (κ1) is 17.5. The normalized spacial score (nSPS) is 17.2. The third-order valence-corrected chi connectivity index (χ3v) is 4.08. The van der Waals surface area contributed by atoms with Gasteiger partial charge in [-0.15, -0.1) is 5.06 Å². The number of Topliss-reactive ketones (excluding diaryl/α,β-unsaturated/α-hetero) is 1. The molecule has 0 bridgehead atoms. The van der Waals surface area contributed by atoms with Crippen molar-refractivity contribution in [2.24, 2.45) is 0 Å². The van der Waals surface area contributed by atoms with Crippen molar-refractivity contribution in [1.29, 1.82) is 0 Å². The fraction of sp³-hybridized carbons (Fsp3) is 0.294. The lowest BCUT2D eigenvalue weighted by molar-refractivity contribution is -0.172. The number of benzene rings is 1. The number of imide groups is 2. The standard InChI is InChI=1S/C17H14N2O7/c20-12(9-18-13(21)5-6-14(18)22)10-1-3-11(4-2-10)17(25)26-19-15(23)7-8-16(19)24/h1-4H,5-9H2. The van der Waals surface area contributed by atoms with Crippen LogP contribution in [0.1, 0.15) is 46.4 Å². The predicted octanol–water partition coefficient (Wildman–Crippen LogP) is 0.239. The minimum atomic E-state index is -0.905. The molecule has 2 aliphatic heterocycles. The van der Waals surface area contributed by atoms with Gasteiger partial charge in [0.2, 0.25) is 11.8 Å². The summed E-state index contributed by atoms with van der Waals surface area (Å²) in [4.78, 5) is 75.8. The number of nitrogens with zero attached hydrogens (tertiary/aromatic N) is 2. The van der Waals surface area contributed by atoms with Crippen LogP contribution in [-0.4, -0.2) is 51.9 Å². The molecule has 4 amide bonds. The molecule has 0 spiro atoms. The number of hydroxylamine groups is 2. The summed E-state index contributed by atoms with van der Waals surface area (Å²) in [6.07, 6.45) is 0.191. The molecule has 0 saturated carbocycles. The third-order valence-electron chi connectivity index (χ3n) is 4.08. The number of hydrogen-bond donors (Lipinski definition) is 0. The van der Waals surface area contributed by atoms with Gasteiger partial charge in [-0.05, 0) is 12.1 Å². The molecule has 1 aromatic carbocycles. The van der Waals surface area contributed by atoms with E-state index in [1.54, 1.807) is 0 Å². The first-order chi connectivity index (χ1) is 12.4. The first-order valence-electron chi connectivity index (χ1n) is 7.91. The molecule has 2 saturated heterocycles. The van der Waals surface area contributed by atoms with E-state index >= 15 is 0 Å². The van der Waals surface area contributed by atoms with Crippen LogP contribution in [0.15, 0.2) is 24.3 Å². The Balaban J connectivity index is 1.64. The summed E-state index contributed by atoms with van der Waals surface area (Å²) in [5.74, 6) is -3.30. The van der Waals surface area contributed by atoms with Gasteiger partial charge in [0.15, 0.2) is 5.78 Å². The molecule has 0 aliphatic carbocycles. The lowest BCUT2D eigenvalue weighted by atomic mass is 10.1. The zero-order chi connectivity index (χ0) is 18.8. The molecular formula is C17H14N2O7. The van der Waals surface area contributed by atoms with Crippen molar-refractivity contribution in [1.82, 2.24) is 9.96 Å². The summed E-state index contributed by atoms with van der Waals surface area (Å²) >= 11 is 0. The lowest BCUT2D eigenvalue weighted by Gasteiger charge is -2.13. The monoisotopic (exact) mass is 358 g/mol. The Morgan fingerprint density at radius 1 is 0.769 bits per heavy atom. The van der Waals surface area contributed by atoms with Crippen LogP contribution in [0.2, 0.25) is 0 Å². The molecule has 0 unspecified atom stereocenters. The molecule has 26 heavy (non-hydrogen) atoms. The highest BCUT2D eigenvalue weighted by molar-refractivity contribution is 6.08. The Hall–Kier alpha value is -3.36. The molecule has 9 heteroatoms. The molecular weight excluding hydrogens is 344 g/mol. The Morgan fingerprint density at radius 3 is 1.77 bits per heavy atom. The van der Waals surface area contributed by atoms with Gasteiger partial charge in [0.05, 0.1) is 12.1 Å². The molecule has 1 aromatic rings. The van der Waals surface area contributed by atoms with Crippen molar-refractivity contribution in [2.75, 3.05) is 6.54 Å². The summed E-state index contributed by atoms with van der Waals surface area (Å²) in [5.41, 5.74) is 0.254. The summed E-state index contributed by atoms with van der Waals surface area (Å²) in [5, 5.41) is 0.437. The lowest BCUT2D eigenvalue weighted by Crippen LogP contribution is -2.34. The smallest absolute Gasteiger partial charge is 0.325 e. The minimum Gasteiger partial charge on any atom is -0.325 e. The maximum absolute atomic E-state index is 12.2. The fourth-order valence-electron chi connectivity index (χ4n) is 2.62. The van der Waals surface area contributed by atoms with E-state index in [0.29, 0.717) is 5.06 Å². The highest BCUT2D eigenvalue weighted by atomic mass is 16.7. The molecule has 134 valence electrons. The van der Waals surface area contributed by atoms with Crippen LogP contribution in [-0.2, 0) is 24.0 Å². The van der Waals surface area contributed by atoms with E-state index in [0.717, 1.165) is 4.90 Å². The number of carbonyl (C=O) groups is 6.